The zero-order valence-electron chi connectivity index (χ0n) is 15.0. The van der Waals surface area contributed by atoms with Gasteiger partial charge in [-0.15, -0.1) is 11.3 Å². The van der Waals surface area contributed by atoms with Gasteiger partial charge in [-0.25, -0.2) is 0 Å². The zero-order valence-corrected chi connectivity index (χ0v) is 15.8. The molecule has 6 nitrogen and oxygen atoms in total. The third kappa shape index (κ3) is 3.34. The fourth-order valence-corrected chi connectivity index (χ4v) is 4.65. The molecule has 2 aliphatic heterocycles. The lowest BCUT2D eigenvalue weighted by atomic mass is 10.1. The molecule has 2 aromatic rings. The summed E-state index contributed by atoms with van der Waals surface area (Å²) >= 11 is 1.51. The van der Waals surface area contributed by atoms with E-state index in [9.17, 15) is 9.59 Å². The Labute approximate surface area is 157 Å². The highest BCUT2D eigenvalue weighted by Gasteiger charge is 2.36. The summed E-state index contributed by atoms with van der Waals surface area (Å²) in [6, 6.07) is 9.55. The minimum Gasteiger partial charge on any atom is -0.338 e. The van der Waals surface area contributed by atoms with E-state index in [-0.39, 0.29) is 11.8 Å². The lowest BCUT2D eigenvalue weighted by Crippen LogP contribution is -2.61. The third-order valence-electron chi connectivity index (χ3n) is 5.24. The van der Waals surface area contributed by atoms with Crippen LogP contribution in [0.4, 0.5) is 0 Å². The lowest BCUT2D eigenvalue weighted by molar-refractivity contribution is -0.138. The van der Waals surface area contributed by atoms with Crippen molar-refractivity contribution in [2.75, 3.05) is 52.9 Å². The van der Waals surface area contributed by atoms with Crippen LogP contribution in [0.5, 0.6) is 0 Å². The van der Waals surface area contributed by atoms with Crippen LogP contribution in [0.25, 0.3) is 10.1 Å². The van der Waals surface area contributed by atoms with Gasteiger partial charge in [-0.2, -0.15) is 0 Å². The van der Waals surface area contributed by atoms with E-state index in [1.807, 2.05) is 35.2 Å². The van der Waals surface area contributed by atoms with Gasteiger partial charge in [0.2, 0.25) is 5.91 Å². The number of fused-ring (bicyclic) bond motifs is 1. The van der Waals surface area contributed by atoms with Gasteiger partial charge in [0.25, 0.3) is 5.91 Å². The highest BCUT2D eigenvalue weighted by Crippen LogP contribution is 2.27. The van der Waals surface area contributed by atoms with E-state index >= 15 is 0 Å². The molecule has 1 N–H and O–H groups in total. The van der Waals surface area contributed by atoms with E-state index in [4.69, 9.17) is 0 Å². The van der Waals surface area contributed by atoms with Gasteiger partial charge in [-0.1, -0.05) is 18.2 Å². The summed E-state index contributed by atoms with van der Waals surface area (Å²) in [6.45, 7) is 5.06. The van der Waals surface area contributed by atoms with Gasteiger partial charge in [0.05, 0.1) is 4.88 Å². The summed E-state index contributed by atoms with van der Waals surface area (Å²) in [6.07, 6.45) is 0. The Hall–Kier alpha value is -1.96. The van der Waals surface area contributed by atoms with Crippen molar-refractivity contribution in [2.24, 2.45) is 0 Å². The van der Waals surface area contributed by atoms with Crippen LogP contribution in [0.15, 0.2) is 30.3 Å². The average Bonchev–Trinajstić information content (AvgIpc) is 3.12. The molecule has 2 saturated heterocycles. The smallest absolute Gasteiger partial charge is 0.264 e. The molecule has 0 spiro atoms. The molecule has 7 heteroatoms. The van der Waals surface area contributed by atoms with Gasteiger partial charge in [0.1, 0.15) is 6.04 Å². The first-order chi connectivity index (χ1) is 12.6. The van der Waals surface area contributed by atoms with Gasteiger partial charge in [-0.3, -0.25) is 9.59 Å². The lowest BCUT2D eigenvalue weighted by Gasteiger charge is -2.40. The van der Waals surface area contributed by atoms with Crippen molar-refractivity contribution in [2.45, 2.75) is 6.04 Å². The highest BCUT2D eigenvalue weighted by molar-refractivity contribution is 7.20. The van der Waals surface area contributed by atoms with Gasteiger partial charge < -0.3 is 20.0 Å². The standard InChI is InChI=1S/C19H24N4O2S/c1-21-8-10-22(11-9-21)18(24)15-13-20-6-7-23(15)19(25)17-12-14-4-2-3-5-16(14)26-17/h2-5,12,15,20H,6-11,13H2,1H3/t15-/m1/s1. The number of carbonyl (C=O) groups excluding carboxylic acids is 2. The van der Waals surface area contributed by atoms with Crippen LogP contribution in [0.2, 0.25) is 0 Å². The van der Waals surface area contributed by atoms with Crippen LogP contribution in [0.1, 0.15) is 9.67 Å². The summed E-state index contributed by atoms with van der Waals surface area (Å²) in [7, 11) is 2.07. The predicted molar refractivity (Wildman–Crippen MR) is 104 cm³/mol. The number of thiophene rings is 1. The van der Waals surface area contributed by atoms with E-state index in [0.29, 0.717) is 18.0 Å². The van der Waals surface area contributed by atoms with Crippen LogP contribution in [-0.2, 0) is 4.79 Å². The Bertz CT molecular complexity index is 780. The molecule has 2 amide bonds. The second-order valence-corrected chi connectivity index (χ2v) is 8.08. The van der Waals surface area contributed by atoms with Crippen molar-refractivity contribution in [3.63, 3.8) is 0 Å². The maximum Gasteiger partial charge on any atom is 0.264 e. The van der Waals surface area contributed by atoms with Gasteiger partial charge >= 0.3 is 0 Å². The van der Waals surface area contributed by atoms with E-state index in [0.717, 1.165) is 42.8 Å². The molecule has 4 rings (SSSR count). The monoisotopic (exact) mass is 372 g/mol. The van der Waals surface area contributed by atoms with Crippen LogP contribution < -0.4 is 5.32 Å². The molecule has 0 aliphatic carbocycles. The number of hydrogen-bond acceptors (Lipinski definition) is 5. The average molecular weight is 372 g/mol. The molecule has 0 unspecified atom stereocenters. The van der Waals surface area contributed by atoms with Gasteiger partial charge in [0, 0.05) is 50.5 Å². The third-order valence-corrected chi connectivity index (χ3v) is 6.34. The molecule has 2 aliphatic rings. The second-order valence-electron chi connectivity index (χ2n) is 7.00. The normalized spacial score (nSPS) is 22.0. The summed E-state index contributed by atoms with van der Waals surface area (Å²) < 4.78 is 1.10. The first-order valence-corrected chi connectivity index (χ1v) is 9.93. The number of piperazine rings is 2. The van der Waals surface area contributed by atoms with Crippen molar-refractivity contribution >= 4 is 33.2 Å². The molecular formula is C19H24N4O2S. The Kier molecular flexibility index (Phi) is 4.93. The molecular weight excluding hydrogens is 348 g/mol. The number of hydrogen-bond donors (Lipinski definition) is 1. The number of likely N-dealkylation sites (N-methyl/N-ethyl adjacent to an activating group) is 1. The maximum absolute atomic E-state index is 13.1. The quantitative estimate of drug-likeness (QED) is 0.858. The number of rotatable bonds is 2. The molecule has 1 aromatic carbocycles. The minimum absolute atomic E-state index is 0.0276. The molecule has 2 fully saturated rings. The van der Waals surface area contributed by atoms with Crippen molar-refractivity contribution in [1.82, 2.24) is 20.0 Å². The number of amides is 2. The van der Waals surface area contributed by atoms with Gasteiger partial charge in [0.15, 0.2) is 0 Å². The molecule has 1 atom stereocenters. The summed E-state index contributed by atoms with van der Waals surface area (Å²) in [4.78, 5) is 32.8. The van der Waals surface area contributed by atoms with E-state index in [1.54, 1.807) is 4.90 Å². The second kappa shape index (κ2) is 7.34. The first kappa shape index (κ1) is 17.5. The fourth-order valence-electron chi connectivity index (χ4n) is 3.63. The van der Waals surface area contributed by atoms with Gasteiger partial charge in [-0.05, 0) is 24.6 Å². The summed E-state index contributed by atoms with van der Waals surface area (Å²) in [5, 5.41) is 4.36. The van der Waals surface area contributed by atoms with Crippen molar-refractivity contribution in [3.05, 3.63) is 35.2 Å². The Balaban J connectivity index is 1.54. The predicted octanol–water partition coefficient (Wildman–Crippen LogP) is 1.09. The first-order valence-electron chi connectivity index (χ1n) is 9.11. The maximum atomic E-state index is 13.1. The fraction of sp³-hybridized carbons (Fsp3) is 0.474. The molecule has 0 bridgehead atoms. The zero-order chi connectivity index (χ0) is 18.1. The topological polar surface area (TPSA) is 55.9 Å². The number of carbonyl (C=O) groups is 2. The largest absolute Gasteiger partial charge is 0.338 e. The molecule has 0 radical (unpaired) electrons. The molecule has 3 heterocycles. The van der Waals surface area contributed by atoms with Crippen LogP contribution in [0.3, 0.4) is 0 Å². The minimum atomic E-state index is -0.412. The van der Waals surface area contributed by atoms with Crippen LogP contribution in [-0.4, -0.2) is 85.4 Å². The number of benzene rings is 1. The van der Waals surface area contributed by atoms with E-state index < -0.39 is 6.04 Å². The van der Waals surface area contributed by atoms with E-state index in [1.165, 1.54) is 11.3 Å². The Morgan fingerprint density at radius 1 is 1.12 bits per heavy atom. The van der Waals surface area contributed by atoms with E-state index in [2.05, 4.69) is 17.3 Å². The summed E-state index contributed by atoms with van der Waals surface area (Å²) in [5.41, 5.74) is 0. The SMILES string of the molecule is CN1CCN(C(=O)[C@H]2CNCCN2C(=O)c2cc3ccccc3s2)CC1. The number of nitrogens with zero attached hydrogens (tertiary/aromatic N) is 3. The number of nitrogens with one attached hydrogen (secondary N) is 1. The molecule has 0 saturated carbocycles. The summed E-state index contributed by atoms with van der Waals surface area (Å²) in [5.74, 6) is 0.0416. The Morgan fingerprint density at radius 2 is 1.88 bits per heavy atom. The van der Waals surface area contributed by atoms with Crippen molar-refractivity contribution in [1.29, 1.82) is 0 Å². The molecule has 26 heavy (non-hydrogen) atoms. The van der Waals surface area contributed by atoms with Crippen molar-refractivity contribution < 1.29 is 9.59 Å². The molecule has 138 valence electrons. The van der Waals surface area contributed by atoms with Crippen LogP contribution in [0, 0.1) is 0 Å². The highest BCUT2D eigenvalue weighted by atomic mass is 32.1. The van der Waals surface area contributed by atoms with Crippen molar-refractivity contribution in [3.8, 4) is 0 Å². The Morgan fingerprint density at radius 3 is 2.65 bits per heavy atom. The molecule has 1 aromatic heterocycles. The van der Waals surface area contributed by atoms with Crippen LogP contribution >= 0.6 is 11.3 Å².